The molecule has 0 aliphatic carbocycles. The summed E-state index contributed by atoms with van der Waals surface area (Å²) in [6.07, 6.45) is 7.07. The van der Waals surface area contributed by atoms with E-state index >= 15 is 0 Å². The van der Waals surface area contributed by atoms with E-state index < -0.39 is 0 Å². The first-order valence-corrected chi connectivity index (χ1v) is 9.29. The molecule has 0 amide bonds. The van der Waals surface area contributed by atoms with Gasteiger partial charge in [-0.15, -0.1) is 0 Å². The van der Waals surface area contributed by atoms with Gasteiger partial charge < -0.3 is 15.2 Å². The minimum atomic E-state index is 0.522. The summed E-state index contributed by atoms with van der Waals surface area (Å²) < 4.78 is 3.71. The van der Waals surface area contributed by atoms with Crippen molar-refractivity contribution in [3.63, 3.8) is 0 Å². The smallest absolute Gasteiger partial charge is 0.191 e. The lowest BCUT2D eigenvalue weighted by atomic mass is 10.2. The molecule has 0 atom stereocenters. The molecule has 3 aromatic rings. The van der Waals surface area contributed by atoms with Crippen molar-refractivity contribution >= 4 is 29.2 Å². The molecule has 0 aliphatic heterocycles. The van der Waals surface area contributed by atoms with Gasteiger partial charge >= 0.3 is 0 Å². The van der Waals surface area contributed by atoms with E-state index in [1.54, 1.807) is 18.7 Å². The highest BCUT2D eigenvalue weighted by Gasteiger charge is 2.09. The molecule has 142 valence electrons. The Balaban J connectivity index is 1.68. The van der Waals surface area contributed by atoms with E-state index in [-0.39, 0.29) is 0 Å². The molecule has 7 nitrogen and oxygen atoms in total. The maximum Gasteiger partial charge on any atom is 0.191 e. The van der Waals surface area contributed by atoms with Gasteiger partial charge in [-0.3, -0.25) is 4.57 Å². The van der Waals surface area contributed by atoms with Crippen molar-refractivity contribution in [3.8, 4) is 5.82 Å². The Morgan fingerprint density at radius 3 is 2.74 bits per heavy atom. The molecule has 9 heteroatoms. The summed E-state index contributed by atoms with van der Waals surface area (Å²) in [6.45, 7) is 3.87. The highest BCUT2D eigenvalue weighted by Crippen LogP contribution is 2.24. The number of aliphatic imine (C=N–C) groups is 1. The van der Waals surface area contributed by atoms with Crippen molar-refractivity contribution in [2.75, 3.05) is 6.54 Å². The van der Waals surface area contributed by atoms with Gasteiger partial charge in [0.05, 0.1) is 18.1 Å². The number of imidazole rings is 1. The summed E-state index contributed by atoms with van der Waals surface area (Å²) >= 11 is 12.2. The minimum Gasteiger partial charge on any atom is -0.357 e. The average molecular weight is 406 g/mol. The second-order valence-corrected chi connectivity index (χ2v) is 6.64. The number of nitrogens with zero attached hydrogens (tertiary/aromatic N) is 5. The van der Waals surface area contributed by atoms with Crippen LogP contribution in [0.2, 0.25) is 10.2 Å². The van der Waals surface area contributed by atoms with E-state index in [2.05, 4.69) is 25.6 Å². The first-order chi connectivity index (χ1) is 13.1. The van der Waals surface area contributed by atoms with E-state index in [1.165, 1.54) is 0 Å². The van der Waals surface area contributed by atoms with Crippen LogP contribution < -0.4 is 10.6 Å². The van der Waals surface area contributed by atoms with Gasteiger partial charge in [0.2, 0.25) is 0 Å². The molecule has 3 aromatic heterocycles. The van der Waals surface area contributed by atoms with E-state index in [0.717, 1.165) is 23.6 Å². The summed E-state index contributed by atoms with van der Waals surface area (Å²) in [6, 6.07) is 5.79. The molecule has 0 unspecified atom stereocenters. The molecule has 0 radical (unpaired) electrons. The molecular formula is C18H21Cl2N7. The van der Waals surface area contributed by atoms with E-state index in [4.69, 9.17) is 23.2 Å². The fourth-order valence-electron chi connectivity index (χ4n) is 2.54. The lowest BCUT2D eigenvalue weighted by Gasteiger charge is -2.12. The van der Waals surface area contributed by atoms with Crippen LogP contribution in [0.3, 0.4) is 0 Å². The lowest BCUT2D eigenvalue weighted by Crippen LogP contribution is -2.37. The van der Waals surface area contributed by atoms with Crippen LogP contribution in [0, 0.1) is 0 Å². The van der Waals surface area contributed by atoms with Crippen molar-refractivity contribution < 1.29 is 0 Å². The van der Waals surface area contributed by atoms with Crippen molar-refractivity contribution in [1.82, 2.24) is 29.7 Å². The fourth-order valence-corrected chi connectivity index (χ4v) is 2.96. The first-order valence-electron chi connectivity index (χ1n) is 8.53. The Kier molecular flexibility index (Phi) is 6.36. The Hall–Kier alpha value is -2.51. The monoisotopic (exact) mass is 405 g/mol. The summed E-state index contributed by atoms with van der Waals surface area (Å²) in [5, 5.41) is 7.61. The van der Waals surface area contributed by atoms with Gasteiger partial charge in [-0.25, -0.2) is 15.0 Å². The quantitative estimate of drug-likeness (QED) is 0.487. The van der Waals surface area contributed by atoms with Crippen molar-refractivity contribution in [1.29, 1.82) is 0 Å². The molecule has 0 aliphatic rings. The van der Waals surface area contributed by atoms with Crippen LogP contribution in [-0.4, -0.2) is 31.6 Å². The maximum absolute atomic E-state index is 6.12. The zero-order valence-electron chi connectivity index (χ0n) is 15.2. The van der Waals surface area contributed by atoms with E-state index in [1.807, 2.05) is 47.5 Å². The third-order valence-electron chi connectivity index (χ3n) is 4.00. The number of guanidine groups is 1. The summed E-state index contributed by atoms with van der Waals surface area (Å²) in [7, 11) is 1.88. The zero-order chi connectivity index (χ0) is 19.2. The summed E-state index contributed by atoms with van der Waals surface area (Å²) in [5.74, 6) is 1.53. The predicted molar refractivity (Wildman–Crippen MR) is 108 cm³/mol. The second kappa shape index (κ2) is 8.92. The number of aromatic nitrogens is 4. The number of rotatable bonds is 6. The number of hydrogen-bond acceptors (Lipinski definition) is 3. The maximum atomic E-state index is 6.12. The van der Waals surface area contributed by atoms with Crippen LogP contribution in [0.25, 0.3) is 5.82 Å². The minimum absolute atomic E-state index is 0.522. The second-order valence-electron chi connectivity index (χ2n) is 5.87. The molecule has 0 saturated carbocycles. The van der Waals surface area contributed by atoms with Crippen molar-refractivity contribution in [2.24, 2.45) is 12.0 Å². The molecule has 3 heterocycles. The highest BCUT2D eigenvalue weighted by atomic mass is 35.5. The van der Waals surface area contributed by atoms with Gasteiger partial charge in [0.25, 0.3) is 0 Å². The molecule has 0 fully saturated rings. The third-order valence-corrected chi connectivity index (χ3v) is 4.84. The predicted octanol–water partition coefficient (Wildman–Crippen LogP) is 3.17. The molecule has 2 N–H and O–H groups in total. The van der Waals surface area contributed by atoms with E-state index in [9.17, 15) is 0 Å². The van der Waals surface area contributed by atoms with Crippen LogP contribution in [-0.2, 0) is 20.1 Å². The van der Waals surface area contributed by atoms with Gasteiger partial charge in [0.15, 0.2) is 5.96 Å². The van der Waals surface area contributed by atoms with Gasteiger partial charge in [0.1, 0.15) is 17.3 Å². The van der Waals surface area contributed by atoms with Gasteiger partial charge in [0, 0.05) is 37.9 Å². The van der Waals surface area contributed by atoms with Crippen LogP contribution in [0.4, 0.5) is 0 Å². The molecule has 0 bridgehead atoms. The van der Waals surface area contributed by atoms with Crippen LogP contribution in [0.1, 0.15) is 18.2 Å². The summed E-state index contributed by atoms with van der Waals surface area (Å²) in [4.78, 5) is 13.1. The topological polar surface area (TPSA) is 72.1 Å². The lowest BCUT2D eigenvalue weighted by molar-refractivity contribution is 0.752. The SMILES string of the molecule is CCNC(=NCc1ccnc(-n2ccnc2)c1)NCc1cc(Cl)c(Cl)n1C. The number of pyridine rings is 1. The largest absolute Gasteiger partial charge is 0.357 e. The van der Waals surface area contributed by atoms with Gasteiger partial charge in [-0.05, 0) is 30.7 Å². The van der Waals surface area contributed by atoms with Gasteiger partial charge in [-0.1, -0.05) is 23.2 Å². The number of hydrogen-bond donors (Lipinski definition) is 2. The van der Waals surface area contributed by atoms with Gasteiger partial charge in [-0.2, -0.15) is 0 Å². The van der Waals surface area contributed by atoms with Crippen LogP contribution in [0.15, 0.2) is 48.1 Å². The zero-order valence-corrected chi connectivity index (χ0v) is 16.7. The van der Waals surface area contributed by atoms with Crippen molar-refractivity contribution in [3.05, 3.63) is 64.6 Å². The Labute approximate surface area is 168 Å². The normalized spacial score (nSPS) is 11.6. The number of halogens is 2. The van der Waals surface area contributed by atoms with Crippen molar-refractivity contribution in [2.45, 2.75) is 20.0 Å². The number of nitrogens with one attached hydrogen (secondary N) is 2. The highest BCUT2D eigenvalue weighted by molar-refractivity contribution is 6.41. The Bertz CT molecular complexity index is 916. The van der Waals surface area contributed by atoms with E-state index in [0.29, 0.717) is 29.2 Å². The molecule has 0 spiro atoms. The standard InChI is InChI=1S/C18H21Cl2N7/c1-3-22-18(25-11-14-9-15(19)17(20)26(14)2)24-10-13-4-5-23-16(8-13)27-7-6-21-12-27/h4-9,12H,3,10-11H2,1-2H3,(H2,22,24,25). The molecule has 0 aromatic carbocycles. The first kappa shape index (κ1) is 19.3. The summed E-state index contributed by atoms with van der Waals surface area (Å²) in [5.41, 5.74) is 2.03. The molecule has 3 rings (SSSR count). The Morgan fingerprint density at radius 1 is 1.22 bits per heavy atom. The van der Waals surface area contributed by atoms with Crippen LogP contribution in [0.5, 0.6) is 0 Å². The Morgan fingerprint density at radius 2 is 2.07 bits per heavy atom. The fraction of sp³-hybridized carbons (Fsp3) is 0.278. The molecular weight excluding hydrogens is 385 g/mol. The average Bonchev–Trinajstić information content (AvgIpc) is 3.29. The third kappa shape index (κ3) is 4.81. The van der Waals surface area contributed by atoms with Crippen LogP contribution >= 0.6 is 23.2 Å². The molecule has 27 heavy (non-hydrogen) atoms. The molecule has 0 saturated heterocycles.